The molecule has 1 aliphatic heterocycles. The molecule has 0 fully saturated rings. The Labute approximate surface area is 96.6 Å². The van der Waals surface area contributed by atoms with Crippen LogP contribution in [0.15, 0.2) is 24.3 Å². The summed E-state index contributed by atoms with van der Waals surface area (Å²) >= 11 is 0. The van der Waals surface area contributed by atoms with Crippen LogP contribution in [0.3, 0.4) is 0 Å². The molecule has 0 saturated carbocycles. The Balaban J connectivity index is 2.40. The summed E-state index contributed by atoms with van der Waals surface area (Å²) in [7, 11) is 0. The second-order valence-electron chi connectivity index (χ2n) is 4.86. The zero-order valence-electron chi connectivity index (χ0n) is 10.1. The van der Waals surface area contributed by atoms with E-state index in [9.17, 15) is 4.79 Å². The SMILES string of the molecule is CC(C)C(=O)C1c2ccccc2OCC1C. The van der Waals surface area contributed by atoms with E-state index in [0.717, 1.165) is 11.3 Å². The summed E-state index contributed by atoms with van der Waals surface area (Å²) in [6.07, 6.45) is 0. The fourth-order valence-corrected chi connectivity index (χ4v) is 2.29. The molecule has 16 heavy (non-hydrogen) atoms. The molecule has 0 N–H and O–H groups in total. The van der Waals surface area contributed by atoms with Crippen LogP contribution in [-0.4, -0.2) is 12.4 Å². The Bertz CT molecular complexity index is 395. The number of hydrogen-bond donors (Lipinski definition) is 0. The minimum absolute atomic E-state index is 0.00458. The van der Waals surface area contributed by atoms with Gasteiger partial charge in [0.25, 0.3) is 0 Å². The van der Waals surface area contributed by atoms with E-state index in [2.05, 4.69) is 6.92 Å². The average Bonchev–Trinajstić information content (AvgIpc) is 2.28. The van der Waals surface area contributed by atoms with E-state index in [4.69, 9.17) is 4.74 Å². The molecule has 0 bridgehead atoms. The molecule has 0 spiro atoms. The molecule has 86 valence electrons. The minimum atomic E-state index is 0.00458. The van der Waals surface area contributed by atoms with Gasteiger partial charge in [-0.15, -0.1) is 0 Å². The van der Waals surface area contributed by atoms with Crippen molar-refractivity contribution in [2.45, 2.75) is 26.7 Å². The summed E-state index contributed by atoms with van der Waals surface area (Å²) in [6, 6.07) is 7.88. The van der Waals surface area contributed by atoms with Crippen LogP contribution in [0.4, 0.5) is 0 Å². The number of para-hydroxylation sites is 1. The highest BCUT2D eigenvalue weighted by Crippen LogP contribution is 2.38. The van der Waals surface area contributed by atoms with Crippen molar-refractivity contribution in [2.75, 3.05) is 6.61 Å². The standard InChI is InChI=1S/C14H18O2/c1-9(2)14(15)13-10(3)8-16-12-7-5-4-6-11(12)13/h4-7,9-10,13H,8H2,1-3H3. The second-order valence-corrected chi connectivity index (χ2v) is 4.86. The van der Waals surface area contributed by atoms with Crippen LogP contribution < -0.4 is 4.74 Å². The van der Waals surface area contributed by atoms with Gasteiger partial charge in [-0.3, -0.25) is 4.79 Å². The van der Waals surface area contributed by atoms with Crippen molar-refractivity contribution in [1.82, 2.24) is 0 Å². The lowest BCUT2D eigenvalue weighted by Gasteiger charge is -2.31. The van der Waals surface area contributed by atoms with Crippen molar-refractivity contribution in [3.05, 3.63) is 29.8 Å². The largest absolute Gasteiger partial charge is 0.493 e. The lowest BCUT2D eigenvalue weighted by molar-refractivity contribution is -0.125. The Morgan fingerprint density at radius 3 is 2.75 bits per heavy atom. The third-order valence-corrected chi connectivity index (χ3v) is 3.20. The molecular weight excluding hydrogens is 200 g/mol. The van der Waals surface area contributed by atoms with Crippen LogP contribution in [0, 0.1) is 11.8 Å². The van der Waals surface area contributed by atoms with Gasteiger partial charge in [-0.25, -0.2) is 0 Å². The summed E-state index contributed by atoms with van der Waals surface area (Å²) in [5.41, 5.74) is 1.06. The summed E-state index contributed by atoms with van der Waals surface area (Å²) in [4.78, 5) is 12.2. The smallest absolute Gasteiger partial charge is 0.143 e. The number of Topliss-reactive ketones (excluding diaryl/α,β-unsaturated/α-hetero) is 1. The first-order chi connectivity index (χ1) is 7.61. The number of rotatable bonds is 2. The quantitative estimate of drug-likeness (QED) is 0.762. The van der Waals surface area contributed by atoms with Gasteiger partial charge in [-0.2, -0.15) is 0 Å². The first-order valence-electron chi connectivity index (χ1n) is 5.86. The summed E-state index contributed by atoms with van der Waals surface area (Å²) < 4.78 is 5.64. The predicted octanol–water partition coefficient (Wildman–Crippen LogP) is 3.02. The molecule has 0 aromatic heterocycles. The number of benzene rings is 1. The summed E-state index contributed by atoms with van der Waals surface area (Å²) in [5, 5.41) is 0. The zero-order valence-corrected chi connectivity index (χ0v) is 10.1. The molecule has 2 rings (SSSR count). The molecule has 1 aromatic carbocycles. The third kappa shape index (κ3) is 1.84. The van der Waals surface area contributed by atoms with Crippen molar-refractivity contribution in [3.63, 3.8) is 0 Å². The maximum atomic E-state index is 12.2. The van der Waals surface area contributed by atoms with E-state index in [0.29, 0.717) is 12.4 Å². The molecule has 1 aromatic rings. The maximum absolute atomic E-state index is 12.2. The number of carbonyl (C=O) groups excluding carboxylic acids is 1. The van der Waals surface area contributed by atoms with Crippen molar-refractivity contribution in [3.8, 4) is 5.75 Å². The molecule has 1 aliphatic rings. The maximum Gasteiger partial charge on any atom is 0.143 e. The minimum Gasteiger partial charge on any atom is -0.493 e. The third-order valence-electron chi connectivity index (χ3n) is 3.20. The fraction of sp³-hybridized carbons (Fsp3) is 0.500. The molecule has 2 atom stereocenters. The number of ketones is 1. The lowest BCUT2D eigenvalue weighted by atomic mass is 9.79. The molecule has 2 heteroatoms. The molecule has 1 heterocycles. The first-order valence-corrected chi connectivity index (χ1v) is 5.86. The van der Waals surface area contributed by atoms with Crippen LogP contribution in [0.2, 0.25) is 0 Å². The number of carbonyl (C=O) groups is 1. The highest BCUT2D eigenvalue weighted by atomic mass is 16.5. The Morgan fingerprint density at radius 1 is 1.38 bits per heavy atom. The van der Waals surface area contributed by atoms with Gasteiger partial charge in [0, 0.05) is 17.4 Å². The monoisotopic (exact) mass is 218 g/mol. The second kappa shape index (κ2) is 4.28. The van der Waals surface area contributed by atoms with Crippen LogP contribution in [0.1, 0.15) is 32.3 Å². The van der Waals surface area contributed by atoms with Gasteiger partial charge in [-0.1, -0.05) is 39.0 Å². The van der Waals surface area contributed by atoms with E-state index in [-0.39, 0.29) is 17.8 Å². The predicted molar refractivity (Wildman–Crippen MR) is 63.7 cm³/mol. The molecule has 0 amide bonds. The van der Waals surface area contributed by atoms with Crippen LogP contribution >= 0.6 is 0 Å². The van der Waals surface area contributed by atoms with E-state index in [1.165, 1.54) is 0 Å². The van der Waals surface area contributed by atoms with Crippen molar-refractivity contribution >= 4 is 5.78 Å². The summed E-state index contributed by atoms with van der Waals surface area (Å²) in [6.45, 7) is 6.65. The highest BCUT2D eigenvalue weighted by Gasteiger charge is 2.34. The zero-order chi connectivity index (χ0) is 11.7. The Kier molecular flexibility index (Phi) is 2.99. The Morgan fingerprint density at radius 2 is 2.06 bits per heavy atom. The van der Waals surface area contributed by atoms with Gasteiger partial charge in [0.1, 0.15) is 11.5 Å². The van der Waals surface area contributed by atoms with E-state index < -0.39 is 0 Å². The van der Waals surface area contributed by atoms with Gasteiger partial charge >= 0.3 is 0 Å². The van der Waals surface area contributed by atoms with Gasteiger partial charge in [0.05, 0.1) is 12.5 Å². The number of hydrogen-bond acceptors (Lipinski definition) is 2. The molecule has 2 nitrogen and oxygen atoms in total. The summed E-state index contributed by atoms with van der Waals surface area (Å²) in [5.74, 6) is 1.55. The van der Waals surface area contributed by atoms with E-state index in [1.54, 1.807) is 0 Å². The molecule has 0 aliphatic carbocycles. The van der Waals surface area contributed by atoms with Crippen LogP contribution in [-0.2, 0) is 4.79 Å². The lowest BCUT2D eigenvalue weighted by Crippen LogP contribution is -2.31. The topological polar surface area (TPSA) is 26.3 Å². The van der Waals surface area contributed by atoms with Crippen molar-refractivity contribution in [1.29, 1.82) is 0 Å². The Hall–Kier alpha value is -1.31. The van der Waals surface area contributed by atoms with Gasteiger partial charge in [0.15, 0.2) is 0 Å². The van der Waals surface area contributed by atoms with Gasteiger partial charge in [0.2, 0.25) is 0 Å². The van der Waals surface area contributed by atoms with Crippen LogP contribution in [0.5, 0.6) is 5.75 Å². The van der Waals surface area contributed by atoms with Crippen LogP contribution in [0.25, 0.3) is 0 Å². The number of fused-ring (bicyclic) bond motifs is 1. The van der Waals surface area contributed by atoms with Gasteiger partial charge < -0.3 is 4.74 Å². The molecule has 0 saturated heterocycles. The highest BCUT2D eigenvalue weighted by molar-refractivity contribution is 5.88. The average molecular weight is 218 g/mol. The number of ether oxygens (including phenoxy) is 1. The van der Waals surface area contributed by atoms with E-state index >= 15 is 0 Å². The normalized spacial score (nSPS) is 23.8. The van der Waals surface area contributed by atoms with E-state index in [1.807, 2.05) is 38.1 Å². The fourth-order valence-electron chi connectivity index (χ4n) is 2.29. The van der Waals surface area contributed by atoms with Crippen molar-refractivity contribution < 1.29 is 9.53 Å². The van der Waals surface area contributed by atoms with Crippen molar-refractivity contribution in [2.24, 2.45) is 11.8 Å². The molecular formula is C14H18O2. The first kappa shape index (κ1) is 11.2. The molecule has 2 unspecified atom stereocenters. The molecule has 0 radical (unpaired) electrons. The van der Waals surface area contributed by atoms with Gasteiger partial charge in [-0.05, 0) is 6.07 Å².